The Labute approximate surface area is 118 Å². The number of nitrogens with one attached hydrogen (secondary N) is 1. The van der Waals surface area contributed by atoms with E-state index in [4.69, 9.17) is 0 Å². The third kappa shape index (κ3) is 6.21. The van der Waals surface area contributed by atoms with Crippen molar-refractivity contribution in [2.75, 3.05) is 46.5 Å². The molecule has 1 rings (SSSR count). The zero-order valence-corrected chi connectivity index (χ0v) is 13.5. The van der Waals surface area contributed by atoms with Crippen LogP contribution in [0.5, 0.6) is 0 Å². The second-order valence-corrected chi connectivity index (χ2v) is 7.86. The van der Waals surface area contributed by atoms with Crippen LogP contribution in [0.3, 0.4) is 0 Å². The Kier molecular flexibility index (Phi) is 6.73. The largest absolute Gasteiger partial charge is 0.313 e. The molecular formula is C13H29N3O2S. The van der Waals surface area contributed by atoms with Crippen LogP contribution in [0.25, 0.3) is 0 Å². The van der Waals surface area contributed by atoms with Crippen molar-refractivity contribution in [2.24, 2.45) is 5.92 Å². The van der Waals surface area contributed by atoms with Crippen LogP contribution >= 0.6 is 0 Å². The van der Waals surface area contributed by atoms with E-state index in [0.717, 1.165) is 32.4 Å². The predicted molar refractivity (Wildman–Crippen MR) is 79.8 cm³/mol. The van der Waals surface area contributed by atoms with E-state index >= 15 is 0 Å². The molecule has 1 aliphatic heterocycles. The number of nitrogens with zero attached hydrogens (tertiary/aromatic N) is 2. The summed E-state index contributed by atoms with van der Waals surface area (Å²) in [5, 5.41) is 3.51. The van der Waals surface area contributed by atoms with Gasteiger partial charge < -0.3 is 10.2 Å². The fraction of sp³-hybridized carbons (Fsp3) is 1.00. The number of hydrogen-bond acceptors (Lipinski definition) is 4. The number of sulfonamides is 1. The Bertz CT molecular complexity index is 357. The molecule has 0 aromatic carbocycles. The van der Waals surface area contributed by atoms with Crippen molar-refractivity contribution in [3.05, 3.63) is 0 Å². The lowest BCUT2D eigenvalue weighted by Gasteiger charge is -2.33. The highest BCUT2D eigenvalue weighted by molar-refractivity contribution is 7.88. The molecule has 1 heterocycles. The Hall–Kier alpha value is -0.170. The van der Waals surface area contributed by atoms with E-state index in [1.54, 1.807) is 4.31 Å². The summed E-state index contributed by atoms with van der Waals surface area (Å²) < 4.78 is 24.9. The van der Waals surface area contributed by atoms with Gasteiger partial charge in [0.1, 0.15) is 0 Å². The molecule has 114 valence electrons. The highest BCUT2D eigenvalue weighted by atomic mass is 32.2. The highest BCUT2D eigenvalue weighted by Gasteiger charge is 2.27. The van der Waals surface area contributed by atoms with E-state index in [9.17, 15) is 8.42 Å². The molecule has 1 saturated heterocycles. The van der Waals surface area contributed by atoms with Crippen LogP contribution in [0.2, 0.25) is 0 Å². The molecule has 1 aliphatic rings. The van der Waals surface area contributed by atoms with E-state index < -0.39 is 10.0 Å². The first-order valence-corrected chi connectivity index (χ1v) is 9.01. The molecule has 1 N–H and O–H groups in total. The van der Waals surface area contributed by atoms with E-state index in [0.29, 0.717) is 25.0 Å². The van der Waals surface area contributed by atoms with Crippen molar-refractivity contribution < 1.29 is 8.42 Å². The first kappa shape index (κ1) is 16.9. The number of likely N-dealkylation sites (N-methyl/N-ethyl adjacent to an activating group) is 2. The minimum atomic E-state index is -3.03. The molecule has 0 spiro atoms. The normalized spacial score (nSPS) is 23.7. The third-order valence-corrected chi connectivity index (χ3v) is 4.92. The Morgan fingerprint density at radius 2 is 2.11 bits per heavy atom. The van der Waals surface area contributed by atoms with E-state index in [2.05, 4.69) is 31.2 Å². The maximum atomic E-state index is 11.6. The maximum Gasteiger partial charge on any atom is 0.211 e. The van der Waals surface area contributed by atoms with Gasteiger partial charge in [0.25, 0.3) is 0 Å². The van der Waals surface area contributed by atoms with E-state index in [1.807, 2.05) is 0 Å². The molecule has 0 saturated carbocycles. The van der Waals surface area contributed by atoms with Gasteiger partial charge in [0.05, 0.1) is 6.26 Å². The molecule has 0 bridgehead atoms. The van der Waals surface area contributed by atoms with Crippen molar-refractivity contribution >= 4 is 10.0 Å². The average Bonchev–Trinajstić information content (AvgIpc) is 2.27. The Morgan fingerprint density at radius 3 is 2.63 bits per heavy atom. The summed E-state index contributed by atoms with van der Waals surface area (Å²) in [7, 11) is 1.13. The summed E-state index contributed by atoms with van der Waals surface area (Å²) in [6.45, 7) is 5.46. The van der Waals surface area contributed by atoms with Crippen molar-refractivity contribution in [3.63, 3.8) is 0 Å². The molecule has 19 heavy (non-hydrogen) atoms. The smallest absolute Gasteiger partial charge is 0.211 e. The van der Waals surface area contributed by atoms with Crippen molar-refractivity contribution in [1.29, 1.82) is 0 Å². The first-order valence-electron chi connectivity index (χ1n) is 7.16. The molecule has 0 amide bonds. The standard InChI is InChI=1S/C13H29N3O2S/c1-5-14-13(11-15(2)3)9-12-7-6-8-16(10-12)19(4,17)18/h12-14H,5-11H2,1-4H3. The van der Waals surface area contributed by atoms with Crippen LogP contribution < -0.4 is 5.32 Å². The minimum Gasteiger partial charge on any atom is -0.313 e. The monoisotopic (exact) mass is 291 g/mol. The van der Waals surface area contributed by atoms with Crippen molar-refractivity contribution in [3.8, 4) is 0 Å². The maximum absolute atomic E-state index is 11.6. The second-order valence-electron chi connectivity index (χ2n) is 5.88. The number of hydrogen-bond donors (Lipinski definition) is 1. The number of rotatable bonds is 7. The molecule has 1 fully saturated rings. The molecule has 6 heteroatoms. The van der Waals surface area contributed by atoms with Crippen LogP contribution in [-0.4, -0.2) is 70.2 Å². The van der Waals surface area contributed by atoms with Gasteiger partial charge in [0, 0.05) is 25.7 Å². The molecule has 2 atom stereocenters. The Balaban J connectivity index is 2.54. The van der Waals surface area contributed by atoms with Gasteiger partial charge >= 0.3 is 0 Å². The van der Waals surface area contributed by atoms with Crippen molar-refractivity contribution in [1.82, 2.24) is 14.5 Å². The predicted octanol–water partition coefficient (Wildman–Crippen LogP) is 0.588. The van der Waals surface area contributed by atoms with Crippen LogP contribution in [0.1, 0.15) is 26.2 Å². The lowest BCUT2D eigenvalue weighted by Crippen LogP contribution is -2.44. The van der Waals surface area contributed by atoms with E-state index in [-0.39, 0.29) is 0 Å². The van der Waals surface area contributed by atoms with Crippen LogP contribution in [0.15, 0.2) is 0 Å². The zero-order valence-electron chi connectivity index (χ0n) is 12.7. The number of piperidine rings is 1. The molecule has 0 aromatic heterocycles. The lowest BCUT2D eigenvalue weighted by molar-refractivity contribution is 0.222. The van der Waals surface area contributed by atoms with Crippen LogP contribution in [0.4, 0.5) is 0 Å². The van der Waals surface area contributed by atoms with Gasteiger partial charge in [-0.2, -0.15) is 0 Å². The van der Waals surface area contributed by atoms with Gasteiger partial charge in [-0.15, -0.1) is 0 Å². The third-order valence-electron chi connectivity index (χ3n) is 3.65. The van der Waals surface area contributed by atoms with Crippen molar-refractivity contribution in [2.45, 2.75) is 32.2 Å². The SMILES string of the molecule is CCNC(CC1CCCN(S(C)(=O)=O)C1)CN(C)C. The van der Waals surface area contributed by atoms with Gasteiger partial charge in [-0.1, -0.05) is 6.92 Å². The minimum absolute atomic E-state index is 0.449. The fourth-order valence-corrected chi connectivity index (χ4v) is 3.82. The summed E-state index contributed by atoms with van der Waals surface area (Å²) in [6, 6.07) is 0.449. The molecular weight excluding hydrogens is 262 g/mol. The van der Waals surface area contributed by atoms with Gasteiger partial charge in [-0.3, -0.25) is 0 Å². The van der Waals surface area contributed by atoms with Crippen LogP contribution in [0, 0.1) is 5.92 Å². The summed E-state index contributed by atoms with van der Waals surface area (Å²) in [5.74, 6) is 0.479. The molecule has 0 radical (unpaired) electrons. The Morgan fingerprint density at radius 1 is 1.42 bits per heavy atom. The quantitative estimate of drug-likeness (QED) is 0.746. The van der Waals surface area contributed by atoms with Gasteiger partial charge in [-0.25, -0.2) is 12.7 Å². The molecule has 0 aliphatic carbocycles. The molecule has 2 unspecified atom stereocenters. The van der Waals surface area contributed by atoms with Gasteiger partial charge in [-0.05, 0) is 45.8 Å². The summed E-state index contributed by atoms with van der Waals surface area (Å²) >= 11 is 0. The lowest BCUT2D eigenvalue weighted by atomic mass is 9.92. The zero-order chi connectivity index (χ0) is 14.5. The first-order chi connectivity index (χ1) is 8.82. The van der Waals surface area contributed by atoms with Gasteiger partial charge in [0.15, 0.2) is 0 Å². The molecule has 0 aromatic rings. The van der Waals surface area contributed by atoms with E-state index in [1.165, 1.54) is 6.26 Å². The summed E-state index contributed by atoms with van der Waals surface area (Å²) in [6.07, 6.45) is 4.49. The average molecular weight is 291 g/mol. The molecule has 5 nitrogen and oxygen atoms in total. The summed E-state index contributed by atoms with van der Waals surface area (Å²) in [4.78, 5) is 2.19. The fourth-order valence-electron chi connectivity index (χ4n) is 2.87. The van der Waals surface area contributed by atoms with Gasteiger partial charge in [0.2, 0.25) is 10.0 Å². The summed E-state index contributed by atoms with van der Waals surface area (Å²) in [5.41, 5.74) is 0. The second kappa shape index (κ2) is 7.57. The van der Waals surface area contributed by atoms with Crippen LogP contribution in [-0.2, 0) is 10.0 Å². The highest BCUT2D eigenvalue weighted by Crippen LogP contribution is 2.22. The topological polar surface area (TPSA) is 52.7 Å².